The first-order valence-electron chi connectivity index (χ1n) is 11.2. The molecule has 0 aliphatic carbocycles. The number of aliphatic hydroxyl groups is 1. The molecule has 1 unspecified atom stereocenters. The van der Waals surface area contributed by atoms with Crippen molar-refractivity contribution in [3.8, 4) is 0 Å². The van der Waals surface area contributed by atoms with Crippen LogP contribution in [-0.2, 0) is 21.4 Å². The number of anilines is 2. The highest BCUT2D eigenvalue weighted by molar-refractivity contribution is 7.93. The van der Waals surface area contributed by atoms with Gasteiger partial charge in [0.05, 0.1) is 11.4 Å². The van der Waals surface area contributed by atoms with E-state index >= 15 is 0 Å². The molecule has 188 valence electrons. The number of carbonyl (C=O) groups excluding carboxylic acids is 1. The molecule has 5 rings (SSSR count). The Kier molecular flexibility index (Phi) is 6.46. The van der Waals surface area contributed by atoms with Crippen LogP contribution in [0, 0.1) is 0 Å². The molecule has 1 aliphatic heterocycles. The maximum Gasteiger partial charge on any atom is 0.263 e. The molecule has 0 radical (unpaired) electrons. The molecule has 2 N–H and O–H groups in total. The van der Waals surface area contributed by atoms with Crippen LogP contribution in [0.4, 0.5) is 10.8 Å². The van der Waals surface area contributed by atoms with Crippen LogP contribution in [0.25, 0.3) is 10.9 Å². The summed E-state index contributed by atoms with van der Waals surface area (Å²) in [5.41, 5.74) is 1.86. The predicted octanol–water partition coefficient (Wildman–Crippen LogP) is 3.35. The lowest BCUT2D eigenvalue weighted by Crippen LogP contribution is -2.52. The number of carbonyl (C=O) groups is 1. The van der Waals surface area contributed by atoms with Crippen molar-refractivity contribution in [3.63, 3.8) is 0 Å². The van der Waals surface area contributed by atoms with Gasteiger partial charge in [0.1, 0.15) is 0 Å². The topological polar surface area (TPSA) is 108 Å². The zero-order valence-corrected chi connectivity index (χ0v) is 20.5. The third-order valence-corrected chi connectivity index (χ3v) is 8.27. The van der Waals surface area contributed by atoms with Crippen molar-refractivity contribution in [1.29, 1.82) is 0 Å². The maximum atomic E-state index is 12.9. The highest BCUT2D eigenvalue weighted by Gasteiger charge is 2.27. The van der Waals surface area contributed by atoms with Crippen LogP contribution in [0.1, 0.15) is 4.28 Å². The number of thiazole rings is 1. The van der Waals surface area contributed by atoms with Gasteiger partial charge in [-0.15, -0.1) is 11.3 Å². The van der Waals surface area contributed by atoms with E-state index in [1.165, 1.54) is 17.5 Å². The molecular formula is C24H31N5O4S2. The van der Waals surface area contributed by atoms with E-state index in [0.717, 1.165) is 16.6 Å². The van der Waals surface area contributed by atoms with E-state index < -0.39 is 16.1 Å². The Morgan fingerprint density at radius 3 is 2.54 bits per heavy atom. The van der Waals surface area contributed by atoms with Crippen molar-refractivity contribution in [1.82, 2.24) is 14.5 Å². The van der Waals surface area contributed by atoms with Gasteiger partial charge in [0.25, 0.3) is 15.9 Å². The molecule has 0 bridgehead atoms. The van der Waals surface area contributed by atoms with E-state index in [1.807, 2.05) is 41.1 Å². The molecule has 1 atom stereocenters. The van der Waals surface area contributed by atoms with E-state index in [0.29, 0.717) is 31.3 Å². The van der Waals surface area contributed by atoms with Crippen LogP contribution in [0.3, 0.4) is 0 Å². The molecule has 35 heavy (non-hydrogen) atoms. The van der Waals surface area contributed by atoms with Gasteiger partial charge in [-0.2, -0.15) is 0 Å². The van der Waals surface area contributed by atoms with Gasteiger partial charge in [-0.25, -0.2) is 13.4 Å². The molecular weight excluding hydrogens is 486 g/mol. The summed E-state index contributed by atoms with van der Waals surface area (Å²) in [7, 11) is -3.70. The summed E-state index contributed by atoms with van der Waals surface area (Å²) in [6, 6.07) is 16.5. The minimum absolute atomic E-state index is 0. The number of rotatable bonds is 7. The minimum atomic E-state index is -3.70. The Morgan fingerprint density at radius 1 is 1.09 bits per heavy atom. The SMILES string of the molecule is O=C(C(O)Cn1ccc2ccccc21)N1CCN(c2ccc(S(=O)(=O)Nc3nccs3)cc2)CC1.[HH].[HH].[HH]. The fourth-order valence-corrected chi connectivity index (χ4v) is 6.03. The molecule has 1 aliphatic rings. The van der Waals surface area contributed by atoms with Gasteiger partial charge in [-0.1, -0.05) is 18.2 Å². The monoisotopic (exact) mass is 517 g/mol. The second-order valence-electron chi connectivity index (χ2n) is 8.29. The summed E-state index contributed by atoms with van der Waals surface area (Å²) in [4.78, 5) is 20.7. The molecule has 9 nitrogen and oxygen atoms in total. The maximum absolute atomic E-state index is 12.9. The number of hydrogen-bond acceptors (Lipinski definition) is 7. The Morgan fingerprint density at radius 2 is 1.83 bits per heavy atom. The molecule has 1 fully saturated rings. The first-order chi connectivity index (χ1) is 16.9. The first kappa shape index (κ1) is 23.3. The third kappa shape index (κ3) is 5.02. The van der Waals surface area contributed by atoms with Gasteiger partial charge in [0, 0.05) is 59.4 Å². The lowest BCUT2D eigenvalue weighted by molar-refractivity contribution is -0.141. The van der Waals surface area contributed by atoms with Gasteiger partial charge in [0.2, 0.25) is 0 Å². The van der Waals surface area contributed by atoms with Crippen molar-refractivity contribution in [3.05, 3.63) is 72.4 Å². The van der Waals surface area contributed by atoms with Crippen LogP contribution in [-0.4, -0.2) is 66.2 Å². The fourth-order valence-electron chi connectivity index (χ4n) is 4.24. The predicted molar refractivity (Wildman–Crippen MR) is 142 cm³/mol. The van der Waals surface area contributed by atoms with E-state index in [1.54, 1.807) is 34.5 Å². The van der Waals surface area contributed by atoms with Crippen molar-refractivity contribution in [2.24, 2.45) is 0 Å². The number of aromatic nitrogens is 2. The summed E-state index contributed by atoms with van der Waals surface area (Å²) in [5.74, 6) is -0.280. The number of para-hydroxylation sites is 1. The van der Waals surface area contributed by atoms with Crippen molar-refractivity contribution in [2.75, 3.05) is 35.8 Å². The molecule has 1 saturated heterocycles. The first-order valence-corrected chi connectivity index (χ1v) is 13.5. The molecule has 2 aromatic heterocycles. The Balaban J connectivity index is 0.00000169. The van der Waals surface area contributed by atoms with Crippen LogP contribution in [0.5, 0.6) is 0 Å². The summed E-state index contributed by atoms with van der Waals surface area (Å²) in [6.07, 6.45) is 2.31. The van der Waals surface area contributed by atoms with Gasteiger partial charge >= 0.3 is 0 Å². The van der Waals surface area contributed by atoms with Crippen molar-refractivity contribution in [2.45, 2.75) is 17.5 Å². The summed E-state index contributed by atoms with van der Waals surface area (Å²) < 4.78 is 29.4. The van der Waals surface area contributed by atoms with Gasteiger partial charge in [0.15, 0.2) is 11.2 Å². The molecule has 1 amide bonds. The highest BCUT2D eigenvalue weighted by Crippen LogP contribution is 2.23. The second kappa shape index (κ2) is 9.68. The lowest BCUT2D eigenvalue weighted by atomic mass is 10.2. The molecule has 11 heteroatoms. The van der Waals surface area contributed by atoms with E-state index in [9.17, 15) is 18.3 Å². The second-order valence-corrected chi connectivity index (χ2v) is 10.9. The van der Waals surface area contributed by atoms with Crippen LogP contribution < -0.4 is 9.62 Å². The number of piperazine rings is 1. The van der Waals surface area contributed by atoms with Gasteiger partial charge < -0.3 is 19.5 Å². The number of benzene rings is 2. The molecule has 4 aromatic rings. The molecule has 3 heterocycles. The zero-order chi connectivity index (χ0) is 24.4. The Hall–Kier alpha value is -3.41. The third-order valence-electron chi connectivity index (χ3n) is 6.09. The van der Waals surface area contributed by atoms with Crippen LogP contribution in [0.15, 0.2) is 77.3 Å². The average Bonchev–Trinajstić information content (AvgIpc) is 3.53. The molecule has 0 spiro atoms. The number of fused-ring (bicyclic) bond motifs is 1. The molecule has 2 aromatic carbocycles. The van der Waals surface area contributed by atoms with Gasteiger partial charge in [-0.05, 0) is 41.8 Å². The van der Waals surface area contributed by atoms with E-state index in [2.05, 4.69) is 14.6 Å². The number of hydrogen-bond donors (Lipinski definition) is 2. The van der Waals surface area contributed by atoms with Crippen LogP contribution in [0.2, 0.25) is 0 Å². The smallest absolute Gasteiger partial charge is 0.263 e. The number of nitrogens with zero attached hydrogens (tertiary/aromatic N) is 4. The Bertz CT molecular complexity index is 1430. The summed E-state index contributed by atoms with van der Waals surface area (Å²) in [5, 5.41) is 13.7. The van der Waals surface area contributed by atoms with E-state index in [4.69, 9.17) is 0 Å². The average molecular weight is 518 g/mol. The quantitative estimate of drug-likeness (QED) is 0.389. The largest absolute Gasteiger partial charge is 0.381 e. The summed E-state index contributed by atoms with van der Waals surface area (Å²) >= 11 is 1.21. The van der Waals surface area contributed by atoms with Gasteiger partial charge in [-0.3, -0.25) is 9.52 Å². The number of aliphatic hydroxyl groups excluding tert-OH is 1. The minimum Gasteiger partial charge on any atom is -0.381 e. The fraction of sp³-hybridized carbons (Fsp3) is 0.250. The summed E-state index contributed by atoms with van der Waals surface area (Å²) in [6.45, 7) is 2.35. The zero-order valence-electron chi connectivity index (χ0n) is 18.8. The van der Waals surface area contributed by atoms with Crippen molar-refractivity contribution >= 4 is 49.0 Å². The normalized spacial score (nSPS) is 15.3. The Labute approximate surface area is 211 Å². The molecule has 0 saturated carbocycles. The number of nitrogens with one attached hydrogen (secondary N) is 1. The lowest BCUT2D eigenvalue weighted by Gasteiger charge is -2.37. The number of amides is 1. The van der Waals surface area contributed by atoms with E-state index in [-0.39, 0.29) is 21.6 Å². The standard InChI is InChI=1S/C24H25N5O4S2.3H2/c30-22(17-29-11-9-18-3-1-2-4-21(18)29)23(31)28-14-12-27(13-15-28)19-5-7-20(8-6-19)35(32,33)26-24-25-10-16-34-24;;;/h1-11,16,22,30H,12-15,17H2,(H,25,26);3*1H. The highest BCUT2D eigenvalue weighted by atomic mass is 32.2. The van der Waals surface area contributed by atoms with Crippen LogP contribution >= 0.6 is 11.3 Å². The van der Waals surface area contributed by atoms with Crippen molar-refractivity contribution < 1.29 is 22.6 Å². The number of sulfonamides is 1.